The Balaban J connectivity index is 1.77. The molecule has 0 unspecified atom stereocenters. The number of benzene rings is 2. The molecule has 3 rings (SSSR count). The first-order valence-corrected chi connectivity index (χ1v) is 6.86. The van der Waals surface area contributed by atoms with Crippen LogP contribution in [0, 0.1) is 17.1 Å². The SMILES string of the molecule is N#Cc1cc(NCc2nc3ccccc3s2)ccc1F. The van der Waals surface area contributed by atoms with E-state index in [0.29, 0.717) is 12.2 Å². The van der Waals surface area contributed by atoms with Crippen molar-refractivity contribution in [3.8, 4) is 6.07 Å². The predicted molar refractivity (Wildman–Crippen MR) is 78.1 cm³/mol. The van der Waals surface area contributed by atoms with Crippen molar-refractivity contribution in [1.82, 2.24) is 4.98 Å². The molecule has 1 N–H and O–H groups in total. The standard InChI is InChI=1S/C15H10FN3S/c16-12-6-5-11(7-10(12)8-17)18-9-15-19-13-3-1-2-4-14(13)20-15/h1-7,18H,9H2. The molecule has 0 aliphatic heterocycles. The van der Waals surface area contributed by atoms with Crippen molar-refractivity contribution in [2.75, 3.05) is 5.32 Å². The van der Waals surface area contributed by atoms with Crippen LogP contribution < -0.4 is 5.32 Å². The van der Waals surface area contributed by atoms with Crippen LogP contribution in [-0.4, -0.2) is 4.98 Å². The molecule has 1 aromatic heterocycles. The van der Waals surface area contributed by atoms with E-state index in [-0.39, 0.29) is 5.56 Å². The highest BCUT2D eigenvalue weighted by molar-refractivity contribution is 7.18. The number of para-hydroxylation sites is 1. The molecule has 0 amide bonds. The first kappa shape index (κ1) is 12.6. The Hall–Kier alpha value is -2.45. The second-order valence-electron chi connectivity index (χ2n) is 4.24. The maximum absolute atomic E-state index is 13.2. The zero-order chi connectivity index (χ0) is 13.9. The van der Waals surface area contributed by atoms with E-state index >= 15 is 0 Å². The Labute approximate surface area is 119 Å². The molecule has 0 fully saturated rings. The van der Waals surface area contributed by atoms with Gasteiger partial charge in [0.1, 0.15) is 16.9 Å². The predicted octanol–water partition coefficient (Wildman–Crippen LogP) is 3.92. The van der Waals surface area contributed by atoms with Gasteiger partial charge in [0.15, 0.2) is 0 Å². The average Bonchev–Trinajstić information content (AvgIpc) is 2.89. The molecule has 0 aliphatic carbocycles. The summed E-state index contributed by atoms with van der Waals surface area (Å²) in [6.07, 6.45) is 0. The van der Waals surface area contributed by atoms with Gasteiger partial charge in [-0.1, -0.05) is 12.1 Å². The summed E-state index contributed by atoms with van der Waals surface area (Å²) < 4.78 is 14.4. The Morgan fingerprint density at radius 2 is 2.10 bits per heavy atom. The van der Waals surface area contributed by atoms with Crippen molar-refractivity contribution in [2.45, 2.75) is 6.54 Å². The first-order chi connectivity index (χ1) is 9.76. The van der Waals surface area contributed by atoms with Gasteiger partial charge in [0.2, 0.25) is 0 Å². The van der Waals surface area contributed by atoms with E-state index in [1.807, 2.05) is 30.3 Å². The van der Waals surface area contributed by atoms with Gasteiger partial charge in [0.25, 0.3) is 0 Å². The summed E-state index contributed by atoms with van der Waals surface area (Å²) in [6.45, 7) is 0.551. The highest BCUT2D eigenvalue weighted by atomic mass is 32.1. The monoisotopic (exact) mass is 283 g/mol. The number of nitriles is 1. The number of anilines is 1. The van der Waals surface area contributed by atoms with E-state index in [4.69, 9.17) is 5.26 Å². The maximum atomic E-state index is 13.2. The highest BCUT2D eigenvalue weighted by Crippen LogP contribution is 2.22. The van der Waals surface area contributed by atoms with Crippen LogP contribution >= 0.6 is 11.3 Å². The number of halogens is 1. The number of nitrogens with one attached hydrogen (secondary N) is 1. The zero-order valence-electron chi connectivity index (χ0n) is 10.4. The Morgan fingerprint density at radius 3 is 2.90 bits per heavy atom. The zero-order valence-corrected chi connectivity index (χ0v) is 11.2. The molecule has 0 atom stereocenters. The summed E-state index contributed by atoms with van der Waals surface area (Å²) in [6, 6.07) is 14.2. The lowest BCUT2D eigenvalue weighted by Crippen LogP contribution is -1.99. The van der Waals surface area contributed by atoms with Gasteiger partial charge >= 0.3 is 0 Å². The lowest BCUT2D eigenvalue weighted by molar-refractivity contribution is 0.624. The fourth-order valence-corrected chi connectivity index (χ4v) is 2.80. The lowest BCUT2D eigenvalue weighted by Gasteiger charge is -2.04. The molecule has 5 heteroatoms. The molecule has 0 saturated carbocycles. The Morgan fingerprint density at radius 1 is 1.25 bits per heavy atom. The fourth-order valence-electron chi connectivity index (χ4n) is 1.89. The summed E-state index contributed by atoms with van der Waals surface area (Å²) in [5, 5.41) is 12.9. The number of aromatic nitrogens is 1. The smallest absolute Gasteiger partial charge is 0.141 e. The number of hydrogen-bond donors (Lipinski definition) is 1. The normalized spacial score (nSPS) is 10.4. The van der Waals surface area contributed by atoms with Crippen LogP contribution in [0.3, 0.4) is 0 Å². The van der Waals surface area contributed by atoms with Gasteiger partial charge in [0.05, 0.1) is 22.3 Å². The van der Waals surface area contributed by atoms with Crippen LogP contribution in [0.2, 0.25) is 0 Å². The van der Waals surface area contributed by atoms with E-state index < -0.39 is 5.82 Å². The molecule has 1 heterocycles. The highest BCUT2D eigenvalue weighted by Gasteiger charge is 2.05. The van der Waals surface area contributed by atoms with Crippen molar-refractivity contribution in [2.24, 2.45) is 0 Å². The van der Waals surface area contributed by atoms with Gasteiger partial charge in [-0.2, -0.15) is 5.26 Å². The second-order valence-corrected chi connectivity index (χ2v) is 5.35. The lowest BCUT2D eigenvalue weighted by atomic mass is 10.2. The van der Waals surface area contributed by atoms with E-state index in [1.54, 1.807) is 17.4 Å². The van der Waals surface area contributed by atoms with Gasteiger partial charge in [-0.05, 0) is 30.3 Å². The van der Waals surface area contributed by atoms with Crippen LogP contribution in [0.1, 0.15) is 10.6 Å². The van der Waals surface area contributed by atoms with Gasteiger partial charge in [-0.15, -0.1) is 11.3 Å². The van der Waals surface area contributed by atoms with E-state index in [2.05, 4.69) is 10.3 Å². The van der Waals surface area contributed by atoms with Gasteiger partial charge in [-0.3, -0.25) is 0 Å². The third-order valence-electron chi connectivity index (χ3n) is 2.87. The molecule has 0 radical (unpaired) electrons. The molecule has 2 aromatic carbocycles. The van der Waals surface area contributed by atoms with E-state index in [0.717, 1.165) is 15.2 Å². The van der Waals surface area contributed by atoms with Gasteiger partial charge in [0, 0.05) is 5.69 Å². The number of nitrogens with zero attached hydrogens (tertiary/aromatic N) is 2. The summed E-state index contributed by atoms with van der Waals surface area (Å²) in [5.74, 6) is -0.502. The minimum absolute atomic E-state index is 0.0410. The average molecular weight is 283 g/mol. The molecule has 0 aliphatic rings. The fraction of sp³-hybridized carbons (Fsp3) is 0.0667. The van der Waals surface area contributed by atoms with Gasteiger partial charge < -0.3 is 5.32 Å². The Bertz CT molecular complexity index is 771. The van der Waals surface area contributed by atoms with Crippen molar-refractivity contribution >= 4 is 27.2 Å². The number of fused-ring (bicyclic) bond motifs is 1. The largest absolute Gasteiger partial charge is 0.378 e. The minimum atomic E-state index is -0.502. The molecular formula is C15H10FN3S. The molecule has 98 valence electrons. The third kappa shape index (κ3) is 2.46. The summed E-state index contributed by atoms with van der Waals surface area (Å²) >= 11 is 1.62. The van der Waals surface area contributed by atoms with Gasteiger partial charge in [-0.25, -0.2) is 9.37 Å². The molecule has 3 aromatic rings. The second kappa shape index (κ2) is 5.27. The van der Waals surface area contributed by atoms with Crippen LogP contribution in [0.15, 0.2) is 42.5 Å². The summed E-state index contributed by atoms with van der Waals surface area (Å²) in [4.78, 5) is 4.50. The van der Waals surface area contributed by atoms with Crippen molar-refractivity contribution in [3.05, 3.63) is 58.9 Å². The third-order valence-corrected chi connectivity index (χ3v) is 3.91. The van der Waals surface area contributed by atoms with Crippen molar-refractivity contribution < 1.29 is 4.39 Å². The molecule has 0 spiro atoms. The van der Waals surface area contributed by atoms with Crippen LogP contribution in [0.25, 0.3) is 10.2 Å². The molecule has 20 heavy (non-hydrogen) atoms. The molecular weight excluding hydrogens is 273 g/mol. The van der Waals surface area contributed by atoms with Crippen molar-refractivity contribution in [3.63, 3.8) is 0 Å². The number of rotatable bonds is 3. The topological polar surface area (TPSA) is 48.7 Å². The van der Waals surface area contributed by atoms with E-state index in [1.165, 1.54) is 12.1 Å². The molecule has 0 bridgehead atoms. The maximum Gasteiger partial charge on any atom is 0.141 e. The van der Waals surface area contributed by atoms with Crippen LogP contribution in [-0.2, 0) is 6.54 Å². The van der Waals surface area contributed by atoms with E-state index in [9.17, 15) is 4.39 Å². The van der Waals surface area contributed by atoms with Crippen LogP contribution in [0.4, 0.5) is 10.1 Å². The van der Waals surface area contributed by atoms with Crippen molar-refractivity contribution in [1.29, 1.82) is 5.26 Å². The summed E-state index contributed by atoms with van der Waals surface area (Å²) in [7, 11) is 0. The summed E-state index contributed by atoms with van der Waals surface area (Å²) in [5.41, 5.74) is 1.73. The minimum Gasteiger partial charge on any atom is -0.378 e. The molecule has 0 saturated heterocycles. The van der Waals surface area contributed by atoms with Crippen LogP contribution in [0.5, 0.6) is 0 Å². The first-order valence-electron chi connectivity index (χ1n) is 6.04. The Kier molecular flexibility index (Phi) is 3.32. The number of thiazole rings is 1. The number of hydrogen-bond acceptors (Lipinski definition) is 4. The molecule has 3 nitrogen and oxygen atoms in total. The quantitative estimate of drug-likeness (QED) is 0.792.